The lowest BCUT2D eigenvalue weighted by atomic mass is 9.97. The number of fused-ring (bicyclic) bond motifs is 2. The van der Waals surface area contributed by atoms with E-state index < -0.39 is 0 Å². The molecule has 27 heavy (non-hydrogen) atoms. The average Bonchev–Trinajstić information content (AvgIpc) is 3.14. The van der Waals surface area contributed by atoms with E-state index in [9.17, 15) is 9.90 Å². The summed E-state index contributed by atoms with van der Waals surface area (Å²) in [6, 6.07) is 4.08. The van der Waals surface area contributed by atoms with Gasteiger partial charge < -0.3 is 14.9 Å². The minimum Gasteiger partial charge on any atom is -0.508 e. The minimum atomic E-state index is -0.235. The summed E-state index contributed by atoms with van der Waals surface area (Å²) in [5.41, 5.74) is 1.95. The van der Waals surface area contributed by atoms with E-state index in [1.54, 1.807) is 12.1 Å². The second kappa shape index (κ2) is 7.78. The van der Waals surface area contributed by atoms with Crippen LogP contribution in [0.5, 0.6) is 5.75 Å². The molecule has 3 aliphatic rings. The van der Waals surface area contributed by atoms with Crippen LogP contribution in [0.2, 0.25) is 0 Å². The van der Waals surface area contributed by atoms with Crippen molar-refractivity contribution in [2.45, 2.75) is 37.0 Å². The molecule has 144 valence electrons. The highest BCUT2D eigenvalue weighted by Crippen LogP contribution is 2.32. The number of phenolic OH excluding ortho intramolecular Hbond substituents is 1. The first-order chi connectivity index (χ1) is 13.0. The Morgan fingerprint density at radius 3 is 3.04 bits per heavy atom. The fourth-order valence-electron chi connectivity index (χ4n) is 4.36. The van der Waals surface area contributed by atoms with Gasteiger partial charge in [-0.05, 0) is 76.0 Å². The first kappa shape index (κ1) is 18.7. The Kier molecular flexibility index (Phi) is 5.39. The topological polar surface area (TPSA) is 56.1 Å². The fourth-order valence-corrected chi connectivity index (χ4v) is 5.26. The van der Waals surface area contributed by atoms with Crippen LogP contribution in [0.25, 0.3) is 5.57 Å². The molecule has 0 spiro atoms. The molecule has 1 N–H and O–H groups in total. The zero-order valence-corrected chi connectivity index (χ0v) is 16.8. The second-order valence-corrected chi connectivity index (χ2v) is 8.86. The number of thioether (sulfide) groups is 1. The van der Waals surface area contributed by atoms with Crippen LogP contribution in [-0.2, 0) is 11.2 Å². The molecule has 0 aromatic heterocycles. The number of rotatable bonds is 5. The SMILES string of the molecule is CN(C)C1CCCN(CCCc2c(O)ccc3c2=C2C=CSC2C(=O)N=3)C1. The Morgan fingerprint density at radius 1 is 1.37 bits per heavy atom. The van der Waals surface area contributed by atoms with Crippen molar-refractivity contribution in [3.63, 3.8) is 0 Å². The summed E-state index contributed by atoms with van der Waals surface area (Å²) in [4.78, 5) is 21.4. The maximum Gasteiger partial charge on any atom is 0.264 e. The van der Waals surface area contributed by atoms with Crippen molar-refractivity contribution in [1.82, 2.24) is 9.80 Å². The zero-order valence-electron chi connectivity index (χ0n) is 16.0. The molecule has 0 bridgehead atoms. The quantitative estimate of drug-likeness (QED) is 0.828. The number of hydrogen-bond acceptors (Lipinski definition) is 5. The van der Waals surface area contributed by atoms with Crippen molar-refractivity contribution in [1.29, 1.82) is 0 Å². The van der Waals surface area contributed by atoms with Crippen LogP contribution in [-0.4, -0.2) is 65.8 Å². The molecule has 1 fully saturated rings. The average molecular weight is 386 g/mol. The number of aromatic hydroxyl groups is 1. The highest BCUT2D eigenvalue weighted by molar-refractivity contribution is 8.04. The van der Waals surface area contributed by atoms with Crippen LogP contribution in [0.3, 0.4) is 0 Å². The first-order valence-electron chi connectivity index (χ1n) is 9.73. The maximum atomic E-state index is 12.2. The zero-order chi connectivity index (χ0) is 19.0. The van der Waals surface area contributed by atoms with Gasteiger partial charge in [0, 0.05) is 23.4 Å². The summed E-state index contributed by atoms with van der Waals surface area (Å²) in [6.07, 6.45) is 6.33. The van der Waals surface area contributed by atoms with E-state index in [1.165, 1.54) is 24.6 Å². The Morgan fingerprint density at radius 2 is 2.22 bits per heavy atom. The van der Waals surface area contributed by atoms with Gasteiger partial charge in [-0.1, -0.05) is 6.08 Å². The van der Waals surface area contributed by atoms with Gasteiger partial charge in [-0.3, -0.25) is 4.79 Å². The van der Waals surface area contributed by atoms with Crippen LogP contribution in [0, 0.1) is 0 Å². The number of nitrogens with zero attached hydrogens (tertiary/aromatic N) is 3. The number of piperidine rings is 1. The lowest BCUT2D eigenvalue weighted by molar-refractivity contribution is -0.116. The Labute approximate surface area is 164 Å². The van der Waals surface area contributed by atoms with Gasteiger partial charge in [-0.15, -0.1) is 11.8 Å². The Balaban J connectivity index is 1.54. The molecule has 0 aliphatic carbocycles. The molecule has 1 saturated heterocycles. The number of hydrogen-bond donors (Lipinski definition) is 1. The summed E-state index contributed by atoms with van der Waals surface area (Å²) in [5.74, 6) is 0.229. The lowest BCUT2D eigenvalue weighted by Crippen LogP contribution is -2.45. The van der Waals surface area contributed by atoms with Gasteiger partial charge in [0.15, 0.2) is 0 Å². The first-order valence-corrected chi connectivity index (χ1v) is 10.7. The standard InChI is InChI=1S/C21H27N3O2S/c1-23(2)14-5-3-10-24(13-14)11-4-6-15-18(25)8-7-17-19(15)16-9-12-27-20(16)21(26)22-17/h7-9,12,14,20,25H,3-6,10-11,13H2,1-2H3. The van der Waals surface area contributed by atoms with Gasteiger partial charge in [-0.2, -0.15) is 0 Å². The summed E-state index contributed by atoms with van der Waals surface area (Å²) >= 11 is 1.51. The number of carbonyl (C=O) groups excluding carboxylic acids is 1. The highest BCUT2D eigenvalue weighted by atomic mass is 32.2. The predicted molar refractivity (Wildman–Crippen MR) is 109 cm³/mol. The summed E-state index contributed by atoms with van der Waals surface area (Å²) in [6.45, 7) is 3.31. The highest BCUT2D eigenvalue weighted by Gasteiger charge is 2.29. The van der Waals surface area contributed by atoms with Crippen molar-refractivity contribution in [2.24, 2.45) is 4.99 Å². The van der Waals surface area contributed by atoms with Crippen LogP contribution in [0.4, 0.5) is 0 Å². The van der Waals surface area contributed by atoms with E-state index in [0.717, 1.165) is 48.8 Å². The molecule has 2 atom stereocenters. The van der Waals surface area contributed by atoms with Gasteiger partial charge >= 0.3 is 0 Å². The Hall–Kier alpha value is -1.63. The predicted octanol–water partition coefficient (Wildman–Crippen LogP) is 1.29. The number of allylic oxidation sites excluding steroid dienone is 1. The largest absolute Gasteiger partial charge is 0.508 e. The molecule has 5 nitrogen and oxygen atoms in total. The molecule has 1 aromatic carbocycles. The molecule has 3 aliphatic heterocycles. The van der Waals surface area contributed by atoms with E-state index >= 15 is 0 Å². The summed E-state index contributed by atoms with van der Waals surface area (Å²) in [7, 11) is 4.32. The van der Waals surface area contributed by atoms with Crippen molar-refractivity contribution >= 4 is 23.2 Å². The third-order valence-corrected chi connectivity index (χ3v) is 6.89. The number of likely N-dealkylation sites (tertiary alicyclic amines) is 1. The van der Waals surface area contributed by atoms with E-state index in [0.29, 0.717) is 17.1 Å². The van der Waals surface area contributed by atoms with Crippen LogP contribution in [0.1, 0.15) is 24.8 Å². The number of benzene rings is 1. The van der Waals surface area contributed by atoms with E-state index in [1.807, 2.05) is 11.5 Å². The molecule has 4 rings (SSSR count). The monoisotopic (exact) mass is 385 g/mol. The van der Waals surface area contributed by atoms with Gasteiger partial charge in [0.25, 0.3) is 5.91 Å². The molecular formula is C21H27N3O2S. The molecule has 2 unspecified atom stereocenters. The summed E-state index contributed by atoms with van der Waals surface area (Å²) < 4.78 is 0. The molecule has 3 heterocycles. The number of likely N-dealkylation sites (N-methyl/N-ethyl adjacent to an activating group) is 1. The minimum absolute atomic E-state index is 0.0906. The molecule has 0 saturated carbocycles. The third-order valence-electron chi connectivity index (χ3n) is 5.87. The molecular weight excluding hydrogens is 358 g/mol. The van der Waals surface area contributed by atoms with E-state index in [4.69, 9.17) is 0 Å². The van der Waals surface area contributed by atoms with Crippen molar-refractivity contribution in [2.75, 3.05) is 33.7 Å². The van der Waals surface area contributed by atoms with E-state index in [-0.39, 0.29) is 11.2 Å². The Bertz CT molecular complexity index is 893. The number of phenols is 1. The van der Waals surface area contributed by atoms with Crippen molar-refractivity contribution < 1.29 is 9.90 Å². The van der Waals surface area contributed by atoms with Gasteiger partial charge in [0.2, 0.25) is 0 Å². The lowest BCUT2D eigenvalue weighted by Gasteiger charge is -2.36. The van der Waals surface area contributed by atoms with Crippen LogP contribution < -0.4 is 10.6 Å². The third kappa shape index (κ3) is 3.71. The fraction of sp³-hybridized carbons (Fsp3) is 0.524. The van der Waals surface area contributed by atoms with Crippen LogP contribution >= 0.6 is 11.8 Å². The maximum absolute atomic E-state index is 12.2. The van der Waals surface area contributed by atoms with Crippen molar-refractivity contribution in [3.05, 3.63) is 39.8 Å². The summed E-state index contributed by atoms with van der Waals surface area (Å²) in [5, 5.41) is 13.9. The van der Waals surface area contributed by atoms with Crippen LogP contribution in [0.15, 0.2) is 28.6 Å². The second-order valence-electron chi connectivity index (χ2n) is 7.85. The molecule has 6 heteroatoms. The van der Waals surface area contributed by atoms with Gasteiger partial charge in [-0.25, -0.2) is 4.99 Å². The number of carbonyl (C=O) groups is 1. The van der Waals surface area contributed by atoms with Gasteiger partial charge in [0.05, 0.1) is 5.36 Å². The van der Waals surface area contributed by atoms with E-state index in [2.05, 4.69) is 28.9 Å². The molecule has 0 radical (unpaired) electrons. The molecule has 1 amide bonds. The molecule has 1 aromatic rings. The smallest absolute Gasteiger partial charge is 0.264 e. The van der Waals surface area contributed by atoms with Gasteiger partial charge in [0.1, 0.15) is 11.0 Å². The van der Waals surface area contributed by atoms with Crippen molar-refractivity contribution in [3.8, 4) is 5.75 Å². The number of amides is 1. The normalized spacial score (nSPS) is 24.9.